The number of aromatic nitrogens is 2. The molecule has 1 aromatic heterocycles. The van der Waals surface area contributed by atoms with Gasteiger partial charge in [-0.05, 0) is 37.5 Å². The lowest BCUT2D eigenvalue weighted by Crippen LogP contribution is -2.64. The number of likely N-dealkylation sites (tertiary alicyclic amines) is 1. The third-order valence-corrected chi connectivity index (χ3v) is 11.1. The molecule has 2 aliphatic heterocycles. The van der Waals surface area contributed by atoms with Gasteiger partial charge in [-0.25, -0.2) is 27.0 Å². The molecule has 9 nitrogen and oxygen atoms in total. The van der Waals surface area contributed by atoms with Crippen LogP contribution in [0.4, 0.5) is 13.6 Å². The number of urea groups is 1. The van der Waals surface area contributed by atoms with Crippen molar-refractivity contribution in [3.63, 3.8) is 0 Å². The minimum Gasteiger partial charge on any atom is -0.387 e. The van der Waals surface area contributed by atoms with Crippen LogP contribution < -0.4 is 5.56 Å². The van der Waals surface area contributed by atoms with Crippen LogP contribution in [0.2, 0.25) is 0 Å². The first-order valence-corrected chi connectivity index (χ1v) is 16.4. The second-order valence-corrected chi connectivity index (χ2v) is 14.3. The van der Waals surface area contributed by atoms with E-state index in [4.69, 9.17) is 0 Å². The highest BCUT2D eigenvalue weighted by Crippen LogP contribution is 2.52. The lowest BCUT2D eigenvalue weighted by Gasteiger charge is -2.53. The van der Waals surface area contributed by atoms with E-state index >= 15 is 0 Å². The van der Waals surface area contributed by atoms with Crippen LogP contribution in [-0.4, -0.2) is 75.6 Å². The summed E-state index contributed by atoms with van der Waals surface area (Å²) in [6, 6.07) is 12.0. The fourth-order valence-corrected chi connectivity index (χ4v) is 8.58. The maximum atomic E-state index is 14.8. The number of hydrogen-bond acceptors (Lipinski definition) is 6. The molecule has 0 bridgehead atoms. The third kappa shape index (κ3) is 5.58. The van der Waals surface area contributed by atoms with E-state index in [2.05, 4.69) is 4.98 Å². The minimum absolute atomic E-state index is 0.0228. The number of amides is 2. The summed E-state index contributed by atoms with van der Waals surface area (Å²) in [5.74, 6) is -2.28. The third-order valence-electron chi connectivity index (χ3n) is 9.48. The van der Waals surface area contributed by atoms with Crippen molar-refractivity contribution in [3.8, 4) is 11.3 Å². The summed E-state index contributed by atoms with van der Waals surface area (Å²) in [5, 5.41) is 12.2. The lowest BCUT2D eigenvalue weighted by molar-refractivity contribution is -0.136. The maximum absolute atomic E-state index is 14.8. The number of hydrogen-bond donors (Lipinski definition) is 1. The van der Waals surface area contributed by atoms with E-state index in [0.29, 0.717) is 18.5 Å². The SMILES string of the molecule is O=C(N1CC[C@@](O)(Cn2cnc(-c3ccccc3)cc2=O)C2(CCCC2)C1)N1CCS(=O)(=O)C[C@H]1c1cc(F)ccc1F. The Morgan fingerprint density at radius 2 is 1.77 bits per heavy atom. The minimum atomic E-state index is -3.59. The first-order valence-electron chi connectivity index (χ1n) is 14.5. The molecule has 2 aromatic carbocycles. The molecule has 6 rings (SSSR count). The lowest BCUT2D eigenvalue weighted by atomic mass is 9.66. The summed E-state index contributed by atoms with van der Waals surface area (Å²) in [5.41, 5.74) is -1.10. The van der Waals surface area contributed by atoms with Gasteiger partial charge >= 0.3 is 6.03 Å². The molecular weight excluding hydrogens is 578 g/mol. The van der Waals surface area contributed by atoms with Gasteiger partial charge in [0.05, 0.1) is 41.7 Å². The highest BCUT2D eigenvalue weighted by Gasteiger charge is 2.56. The number of carbonyl (C=O) groups excluding carboxylic acids is 1. The summed E-state index contributed by atoms with van der Waals surface area (Å²) in [7, 11) is -3.59. The summed E-state index contributed by atoms with van der Waals surface area (Å²) in [6.45, 7) is 0.233. The van der Waals surface area contributed by atoms with E-state index in [1.165, 1.54) is 21.9 Å². The van der Waals surface area contributed by atoms with Crippen molar-refractivity contribution in [2.75, 3.05) is 31.1 Å². The van der Waals surface area contributed by atoms with E-state index in [0.717, 1.165) is 36.6 Å². The molecular formula is C31H34F2N4O5S. The maximum Gasteiger partial charge on any atom is 0.320 e. The number of sulfone groups is 1. The molecule has 228 valence electrons. The smallest absolute Gasteiger partial charge is 0.320 e. The zero-order chi connectivity index (χ0) is 30.4. The van der Waals surface area contributed by atoms with Gasteiger partial charge in [0.2, 0.25) is 0 Å². The Balaban J connectivity index is 1.26. The second kappa shape index (κ2) is 11.1. The fourth-order valence-electron chi connectivity index (χ4n) is 7.10. The molecule has 1 spiro atoms. The average molecular weight is 613 g/mol. The van der Waals surface area contributed by atoms with Crippen LogP contribution in [-0.2, 0) is 16.4 Å². The number of aliphatic hydroxyl groups is 1. The van der Waals surface area contributed by atoms with E-state index in [1.807, 2.05) is 30.3 Å². The molecule has 1 saturated carbocycles. The van der Waals surface area contributed by atoms with Gasteiger partial charge in [0.15, 0.2) is 9.84 Å². The largest absolute Gasteiger partial charge is 0.387 e. The number of carbonyl (C=O) groups is 1. The van der Waals surface area contributed by atoms with E-state index in [1.54, 1.807) is 4.90 Å². The summed E-state index contributed by atoms with van der Waals surface area (Å²) >= 11 is 0. The van der Waals surface area contributed by atoms with Gasteiger partial charge in [-0.15, -0.1) is 0 Å². The van der Waals surface area contributed by atoms with Crippen molar-refractivity contribution in [2.45, 2.75) is 50.3 Å². The number of piperidine rings is 1. The molecule has 2 amide bonds. The van der Waals surface area contributed by atoms with Crippen LogP contribution in [0.25, 0.3) is 11.3 Å². The van der Waals surface area contributed by atoms with E-state index < -0.39 is 50.3 Å². The van der Waals surface area contributed by atoms with Gasteiger partial charge in [-0.3, -0.25) is 9.36 Å². The van der Waals surface area contributed by atoms with Crippen LogP contribution in [0.3, 0.4) is 0 Å². The van der Waals surface area contributed by atoms with Crippen molar-refractivity contribution >= 4 is 15.9 Å². The second-order valence-electron chi connectivity index (χ2n) is 12.1. The first kappa shape index (κ1) is 29.4. The zero-order valence-electron chi connectivity index (χ0n) is 23.7. The fraction of sp³-hybridized carbons (Fsp3) is 0.452. The molecule has 0 radical (unpaired) electrons. The van der Waals surface area contributed by atoms with Crippen molar-refractivity contribution in [1.29, 1.82) is 0 Å². The summed E-state index contributed by atoms with van der Waals surface area (Å²) in [6.07, 6.45) is 4.64. The van der Waals surface area contributed by atoms with Crippen LogP contribution in [0.5, 0.6) is 0 Å². The topological polar surface area (TPSA) is 113 Å². The van der Waals surface area contributed by atoms with Gasteiger partial charge in [-0.2, -0.15) is 0 Å². The van der Waals surface area contributed by atoms with E-state index in [-0.39, 0.29) is 49.5 Å². The molecule has 3 heterocycles. The molecule has 12 heteroatoms. The predicted molar refractivity (Wildman–Crippen MR) is 156 cm³/mol. The molecule has 0 unspecified atom stereocenters. The Hall–Kier alpha value is -3.64. The van der Waals surface area contributed by atoms with Crippen LogP contribution in [0.15, 0.2) is 65.7 Å². The summed E-state index contributed by atoms with van der Waals surface area (Å²) < 4.78 is 55.4. The van der Waals surface area contributed by atoms with Gasteiger partial charge in [-0.1, -0.05) is 43.2 Å². The molecule has 2 atom stereocenters. The number of rotatable bonds is 4. The normalized spacial score (nSPS) is 24.8. The monoisotopic (exact) mass is 612 g/mol. The molecule has 1 N–H and O–H groups in total. The highest BCUT2D eigenvalue weighted by atomic mass is 32.2. The Kier molecular flexibility index (Phi) is 7.62. The van der Waals surface area contributed by atoms with Crippen LogP contribution >= 0.6 is 0 Å². The molecule has 3 fully saturated rings. The Morgan fingerprint density at radius 3 is 2.49 bits per heavy atom. The van der Waals surface area contributed by atoms with Gasteiger partial charge in [0, 0.05) is 42.2 Å². The van der Waals surface area contributed by atoms with Crippen LogP contribution in [0.1, 0.15) is 43.7 Å². The Labute approximate surface area is 248 Å². The van der Waals surface area contributed by atoms with Crippen LogP contribution in [0, 0.1) is 17.0 Å². The summed E-state index contributed by atoms with van der Waals surface area (Å²) in [4.78, 5) is 34.5. The number of benzene rings is 2. The molecule has 2 saturated heterocycles. The van der Waals surface area contributed by atoms with Crippen molar-refractivity contribution in [2.24, 2.45) is 5.41 Å². The molecule has 43 heavy (non-hydrogen) atoms. The van der Waals surface area contributed by atoms with E-state index in [9.17, 15) is 31.9 Å². The van der Waals surface area contributed by atoms with Gasteiger partial charge in [0.25, 0.3) is 5.56 Å². The standard InChI is InChI=1S/C31H34F2N4O5S/c32-23-8-9-25(33)24(16-23)27-18-43(41,42)15-14-37(27)29(39)35-13-12-31(40,30(19-35)10-4-5-11-30)20-36-21-34-26(17-28(36)38)22-6-2-1-3-7-22/h1-3,6-9,16-17,21,27,40H,4-5,10-15,18-20H2/t27-,31+/m0/s1. The van der Waals surface area contributed by atoms with Gasteiger partial charge in [0.1, 0.15) is 11.6 Å². The van der Waals surface area contributed by atoms with Gasteiger partial charge < -0.3 is 14.9 Å². The average Bonchev–Trinajstić information content (AvgIpc) is 3.46. The predicted octanol–water partition coefficient (Wildman–Crippen LogP) is 3.78. The number of nitrogens with zero attached hydrogens (tertiary/aromatic N) is 4. The van der Waals surface area contributed by atoms with Crippen molar-refractivity contribution in [1.82, 2.24) is 19.4 Å². The molecule has 3 aliphatic rings. The highest BCUT2D eigenvalue weighted by molar-refractivity contribution is 7.91. The Bertz CT molecular complexity index is 1690. The number of halogens is 2. The van der Waals surface area contributed by atoms with Crippen molar-refractivity contribution < 1.29 is 27.1 Å². The van der Waals surface area contributed by atoms with Crippen molar-refractivity contribution in [3.05, 3.63) is 88.5 Å². The zero-order valence-corrected chi connectivity index (χ0v) is 24.5. The quantitative estimate of drug-likeness (QED) is 0.480. The Morgan fingerprint density at radius 1 is 1.02 bits per heavy atom. The molecule has 3 aromatic rings. The molecule has 1 aliphatic carbocycles. The first-order chi connectivity index (χ1) is 20.5.